The van der Waals surface area contributed by atoms with Crippen LogP contribution >= 0.6 is 15.8 Å². The van der Waals surface area contributed by atoms with Gasteiger partial charge in [0.15, 0.2) is 0 Å². The van der Waals surface area contributed by atoms with Crippen LogP contribution in [0.4, 0.5) is 0 Å². The van der Waals surface area contributed by atoms with Crippen LogP contribution in [0, 0.1) is 0 Å². The summed E-state index contributed by atoms with van der Waals surface area (Å²) < 4.78 is 7.42. The summed E-state index contributed by atoms with van der Waals surface area (Å²) in [6, 6.07) is 53.9. The third-order valence-corrected chi connectivity index (χ3v) is 16.1. The van der Waals surface area contributed by atoms with E-state index in [0.717, 1.165) is 25.0 Å². The average Bonchev–Trinajstić information content (AvgIpc) is 3.10. The molecule has 0 atom stereocenters. The van der Waals surface area contributed by atoms with Crippen LogP contribution in [-0.4, -0.2) is 4.90 Å². The molecule has 0 unspecified atom stereocenters. The van der Waals surface area contributed by atoms with Crippen molar-refractivity contribution in [2.45, 2.75) is 43.4 Å². The normalized spacial score (nSPS) is 16.4. The minimum absolute atomic E-state index is 0.116. The van der Waals surface area contributed by atoms with Crippen molar-refractivity contribution in [3.05, 3.63) is 175 Å². The summed E-state index contributed by atoms with van der Waals surface area (Å²) in [5.74, 6) is 2.20. The quantitative estimate of drug-likeness (QED) is 0.160. The lowest BCUT2D eigenvalue weighted by molar-refractivity contribution is 0.321. The summed E-state index contributed by atoms with van der Waals surface area (Å²) in [5.41, 5.74) is 2.57. The maximum Gasteiger partial charge on any atom is 0.131 e. The van der Waals surface area contributed by atoms with Gasteiger partial charge in [-0.2, -0.15) is 0 Å². The van der Waals surface area contributed by atoms with Gasteiger partial charge in [-0.1, -0.05) is 166 Å². The first kappa shape index (κ1) is 29.0. The number of para-hydroxylation sites is 1. The third kappa shape index (κ3) is 4.70. The fourth-order valence-electron chi connectivity index (χ4n) is 7.40. The molecular formula is C41H38OP2. The first-order chi connectivity index (χ1) is 21.7. The molecule has 0 saturated carbocycles. The highest BCUT2D eigenvalue weighted by molar-refractivity contribution is 7.91. The Morgan fingerprint density at radius 2 is 0.955 bits per heavy atom. The smallest absolute Gasteiger partial charge is 0.131 e. The SMILES string of the molecule is CCC1(CC)C2=C(Oc3ccccc31)C(P(c1ccccc1)c1ccccc1)(P(c1ccccc1)c1ccccc1)CC=C2. The van der Waals surface area contributed by atoms with Crippen LogP contribution in [0.25, 0.3) is 0 Å². The molecule has 0 bridgehead atoms. The molecule has 44 heavy (non-hydrogen) atoms. The van der Waals surface area contributed by atoms with Crippen LogP contribution < -0.4 is 26.0 Å². The molecule has 5 aromatic rings. The van der Waals surface area contributed by atoms with E-state index in [2.05, 4.69) is 172 Å². The van der Waals surface area contributed by atoms with Crippen molar-refractivity contribution in [1.82, 2.24) is 0 Å². The van der Waals surface area contributed by atoms with E-state index in [-0.39, 0.29) is 10.3 Å². The van der Waals surface area contributed by atoms with E-state index in [1.807, 2.05) is 0 Å². The van der Waals surface area contributed by atoms with E-state index >= 15 is 0 Å². The predicted molar refractivity (Wildman–Crippen MR) is 191 cm³/mol. The number of hydrogen-bond donors (Lipinski definition) is 0. The standard InChI is InChI=1S/C41H38OP2/c1-3-40(4-2)36-28-17-18-30-38(36)42-39-37(40)29-19-31-41(39,43(32-20-9-5-10-21-32)33-22-11-6-12-23-33)44(34-24-13-7-14-25-34)35-26-15-8-16-27-35/h5-30H,3-4,31H2,1-2H3. The fraction of sp³-hybridized carbons (Fsp3) is 0.171. The van der Waals surface area contributed by atoms with Gasteiger partial charge in [-0.15, -0.1) is 0 Å². The number of fused-ring (bicyclic) bond motifs is 1. The van der Waals surface area contributed by atoms with Crippen molar-refractivity contribution in [2.24, 2.45) is 0 Å². The number of rotatable bonds is 8. The first-order valence-electron chi connectivity index (χ1n) is 15.7. The number of ether oxygens (including phenoxy) is 1. The summed E-state index contributed by atoms with van der Waals surface area (Å²) in [6.45, 7) is 4.71. The van der Waals surface area contributed by atoms with Crippen molar-refractivity contribution in [3.63, 3.8) is 0 Å². The molecular weight excluding hydrogens is 570 g/mol. The van der Waals surface area contributed by atoms with E-state index < -0.39 is 15.8 Å². The molecule has 218 valence electrons. The van der Waals surface area contributed by atoms with Gasteiger partial charge in [-0.05, 0) is 62.4 Å². The monoisotopic (exact) mass is 608 g/mol. The molecule has 0 N–H and O–H groups in total. The van der Waals surface area contributed by atoms with Crippen LogP contribution in [-0.2, 0) is 5.41 Å². The van der Waals surface area contributed by atoms with Gasteiger partial charge in [0, 0.05) is 16.6 Å². The van der Waals surface area contributed by atoms with Crippen molar-refractivity contribution < 1.29 is 4.74 Å². The van der Waals surface area contributed by atoms with Gasteiger partial charge in [0.1, 0.15) is 11.5 Å². The highest BCUT2D eigenvalue weighted by atomic mass is 31.2. The van der Waals surface area contributed by atoms with Crippen LogP contribution in [0.2, 0.25) is 0 Å². The molecule has 0 amide bonds. The van der Waals surface area contributed by atoms with E-state index in [4.69, 9.17) is 4.74 Å². The highest BCUT2D eigenvalue weighted by Crippen LogP contribution is 2.73. The molecule has 1 nitrogen and oxygen atoms in total. The van der Waals surface area contributed by atoms with Crippen LogP contribution in [0.5, 0.6) is 5.75 Å². The Hall–Kier alpha value is -3.76. The Balaban J connectivity index is 1.64. The maximum atomic E-state index is 7.42. The van der Waals surface area contributed by atoms with Gasteiger partial charge in [-0.3, -0.25) is 0 Å². The van der Waals surface area contributed by atoms with Crippen molar-refractivity contribution >= 4 is 37.1 Å². The van der Waals surface area contributed by atoms with Gasteiger partial charge in [0.05, 0.1) is 4.90 Å². The van der Waals surface area contributed by atoms with E-state index in [9.17, 15) is 0 Å². The van der Waals surface area contributed by atoms with Gasteiger partial charge in [-0.25, -0.2) is 0 Å². The van der Waals surface area contributed by atoms with Crippen molar-refractivity contribution in [1.29, 1.82) is 0 Å². The van der Waals surface area contributed by atoms with Gasteiger partial charge in [0.2, 0.25) is 0 Å². The lowest BCUT2D eigenvalue weighted by Gasteiger charge is -2.53. The molecule has 0 spiro atoms. The zero-order valence-corrected chi connectivity index (χ0v) is 27.2. The second-order valence-electron chi connectivity index (χ2n) is 11.6. The van der Waals surface area contributed by atoms with E-state index in [1.54, 1.807) is 0 Å². The fourth-order valence-corrected chi connectivity index (χ4v) is 15.1. The molecule has 1 aliphatic carbocycles. The Morgan fingerprint density at radius 1 is 0.545 bits per heavy atom. The highest BCUT2D eigenvalue weighted by Gasteiger charge is 2.57. The molecule has 3 heteroatoms. The molecule has 0 radical (unpaired) electrons. The minimum atomic E-state index is -0.930. The Morgan fingerprint density at radius 3 is 1.39 bits per heavy atom. The number of allylic oxidation sites excluding steroid dienone is 4. The molecule has 1 heterocycles. The summed E-state index contributed by atoms with van der Waals surface area (Å²) in [6.07, 6.45) is 7.85. The predicted octanol–water partition coefficient (Wildman–Crippen LogP) is 9.31. The Labute approximate surface area is 264 Å². The second-order valence-corrected chi connectivity index (χ2v) is 16.9. The molecule has 0 aromatic heterocycles. The molecule has 5 aromatic carbocycles. The lowest BCUT2D eigenvalue weighted by Crippen LogP contribution is -2.47. The molecule has 2 aliphatic rings. The van der Waals surface area contributed by atoms with Gasteiger partial charge in [0.25, 0.3) is 0 Å². The summed E-state index contributed by atoms with van der Waals surface area (Å²) in [7, 11) is -1.86. The van der Waals surface area contributed by atoms with Crippen LogP contribution in [0.3, 0.4) is 0 Å². The van der Waals surface area contributed by atoms with Crippen LogP contribution in [0.15, 0.2) is 169 Å². The molecule has 7 rings (SSSR count). The first-order valence-corrected chi connectivity index (χ1v) is 18.4. The van der Waals surface area contributed by atoms with E-state index in [1.165, 1.54) is 38.1 Å². The third-order valence-electron chi connectivity index (χ3n) is 9.43. The molecule has 0 fully saturated rings. The van der Waals surface area contributed by atoms with Crippen LogP contribution in [0.1, 0.15) is 38.7 Å². The van der Waals surface area contributed by atoms with Crippen molar-refractivity contribution in [2.75, 3.05) is 0 Å². The van der Waals surface area contributed by atoms with E-state index in [0.29, 0.717) is 0 Å². The Bertz CT molecular complexity index is 1610. The summed E-state index contributed by atoms with van der Waals surface area (Å²) in [5, 5.41) is 5.54. The number of benzene rings is 5. The largest absolute Gasteiger partial charge is 0.460 e. The number of hydrogen-bond acceptors (Lipinski definition) is 1. The topological polar surface area (TPSA) is 9.23 Å². The van der Waals surface area contributed by atoms with Gasteiger partial charge >= 0.3 is 0 Å². The summed E-state index contributed by atoms with van der Waals surface area (Å²) >= 11 is 0. The maximum absolute atomic E-state index is 7.42. The summed E-state index contributed by atoms with van der Waals surface area (Å²) in [4.78, 5) is -0.330. The average molecular weight is 609 g/mol. The molecule has 1 aliphatic heterocycles. The zero-order valence-electron chi connectivity index (χ0n) is 25.4. The van der Waals surface area contributed by atoms with Gasteiger partial charge < -0.3 is 4.74 Å². The minimum Gasteiger partial charge on any atom is -0.460 e. The second kappa shape index (κ2) is 12.3. The van der Waals surface area contributed by atoms with Crippen molar-refractivity contribution in [3.8, 4) is 5.75 Å². The lowest BCUT2D eigenvalue weighted by atomic mass is 9.67. The zero-order chi connectivity index (χ0) is 30.0. The molecule has 0 saturated heterocycles. The Kier molecular flexibility index (Phi) is 8.12.